The van der Waals surface area contributed by atoms with E-state index in [-0.39, 0.29) is 10.7 Å². The van der Waals surface area contributed by atoms with E-state index in [1.54, 1.807) is 30.3 Å². The molecular weight excluding hydrogens is 431 g/mol. The lowest BCUT2D eigenvalue weighted by Crippen LogP contribution is -2.16. The number of hydrogen-bond acceptors (Lipinski definition) is 5. The molecule has 0 saturated heterocycles. The molecule has 0 aliphatic carbocycles. The largest absolute Gasteiger partial charge is 0.416 e. The van der Waals surface area contributed by atoms with Crippen molar-refractivity contribution in [2.75, 3.05) is 4.72 Å². The lowest BCUT2D eigenvalue weighted by Gasteiger charge is -2.11. The van der Waals surface area contributed by atoms with Crippen LogP contribution in [0.3, 0.4) is 0 Å². The number of halogens is 3. The van der Waals surface area contributed by atoms with E-state index in [4.69, 9.17) is 5.26 Å². The number of rotatable bonds is 4. The minimum absolute atomic E-state index is 0.0487. The first-order valence-electron chi connectivity index (χ1n) is 8.73. The van der Waals surface area contributed by atoms with Crippen LogP contribution in [-0.4, -0.2) is 23.0 Å². The third-order valence-corrected chi connectivity index (χ3v) is 5.75. The fourth-order valence-electron chi connectivity index (χ4n) is 2.88. The first kappa shape index (κ1) is 20.4. The Morgan fingerprint density at radius 3 is 2.45 bits per heavy atom. The average molecular weight is 443 g/mol. The maximum absolute atomic E-state index is 12.7. The summed E-state index contributed by atoms with van der Waals surface area (Å²) in [5.74, 6) is 0.0487. The van der Waals surface area contributed by atoms with Gasteiger partial charge < -0.3 is 0 Å². The highest BCUT2D eigenvalue weighted by molar-refractivity contribution is 7.92. The molecule has 1 N–H and O–H groups in total. The number of alkyl halides is 3. The zero-order chi connectivity index (χ0) is 22.2. The zero-order valence-electron chi connectivity index (χ0n) is 15.5. The molecule has 0 saturated carbocycles. The molecule has 2 aromatic carbocycles. The summed E-state index contributed by atoms with van der Waals surface area (Å²) < 4.78 is 67.1. The Morgan fingerprint density at radius 2 is 1.77 bits per heavy atom. The number of benzene rings is 2. The van der Waals surface area contributed by atoms with Crippen molar-refractivity contribution >= 4 is 21.5 Å². The van der Waals surface area contributed by atoms with Crippen LogP contribution >= 0.6 is 0 Å². The summed E-state index contributed by atoms with van der Waals surface area (Å²) in [4.78, 5) is 3.81. The van der Waals surface area contributed by atoms with Crippen molar-refractivity contribution in [3.05, 3.63) is 78.0 Å². The van der Waals surface area contributed by atoms with Crippen molar-refractivity contribution in [1.82, 2.24) is 14.6 Å². The van der Waals surface area contributed by atoms with E-state index in [1.807, 2.05) is 6.07 Å². The van der Waals surface area contributed by atoms with Crippen LogP contribution in [-0.2, 0) is 16.2 Å². The van der Waals surface area contributed by atoms with E-state index in [2.05, 4.69) is 14.8 Å². The highest BCUT2D eigenvalue weighted by Gasteiger charge is 2.30. The number of hydrogen-bond donors (Lipinski definition) is 1. The fourth-order valence-corrected chi connectivity index (χ4v) is 3.92. The van der Waals surface area contributed by atoms with Crippen LogP contribution < -0.4 is 4.72 Å². The number of nitrogens with zero attached hydrogens (tertiary/aromatic N) is 4. The molecule has 0 aliphatic heterocycles. The van der Waals surface area contributed by atoms with Crippen LogP contribution in [0.2, 0.25) is 0 Å². The standard InChI is InChI=1S/C20H12F3N5O2S/c21-20(22,23)15-4-6-16(7-5-15)31(29,30)27-18-8-9-25-19-11-17(26-28(18)19)14-3-1-2-13(10-14)12-24/h1-11,27H. The third-order valence-electron chi connectivity index (χ3n) is 4.38. The second-order valence-corrected chi connectivity index (χ2v) is 8.13. The predicted octanol–water partition coefficient (Wildman–Crippen LogP) is 4.09. The predicted molar refractivity (Wildman–Crippen MR) is 105 cm³/mol. The quantitative estimate of drug-likeness (QED) is 0.512. The Hall–Kier alpha value is -3.91. The van der Waals surface area contributed by atoms with E-state index < -0.39 is 21.8 Å². The van der Waals surface area contributed by atoms with Gasteiger partial charge in [-0.2, -0.15) is 28.0 Å². The van der Waals surface area contributed by atoms with Crippen LogP contribution in [0.15, 0.2) is 71.8 Å². The van der Waals surface area contributed by atoms with Gasteiger partial charge in [0.05, 0.1) is 27.8 Å². The van der Waals surface area contributed by atoms with Crippen LogP contribution in [0.5, 0.6) is 0 Å². The van der Waals surface area contributed by atoms with Gasteiger partial charge in [-0.15, -0.1) is 0 Å². The Kier molecular flexibility index (Phi) is 4.87. The van der Waals surface area contributed by atoms with Gasteiger partial charge in [-0.05, 0) is 42.5 Å². The molecule has 0 radical (unpaired) electrons. The summed E-state index contributed by atoms with van der Waals surface area (Å²) in [7, 11) is -4.18. The molecule has 0 atom stereocenters. The van der Waals surface area contributed by atoms with Crippen LogP contribution in [0.25, 0.3) is 16.9 Å². The Balaban J connectivity index is 1.70. The molecular formula is C20H12F3N5O2S. The highest BCUT2D eigenvalue weighted by Crippen LogP contribution is 2.30. The van der Waals surface area contributed by atoms with Gasteiger partial charge in [-0.25, -0.2) is 13.4 Å². The van der Waals surface area contributed by atoms with E-state index in [9.17, 15) is 21.6 Å². The minimum atomic E-state index is -4.57. The summed E-state index contributed by atoms with van der Waals surface area (Å²) in [6.45, 7) is 0. The number of sulfonamides is 1. The van der Waals surface area contributed by atoms with E-state index >= 15 is 0 Å². The first-order chi connectivity index (χ1) is 14.7. The number of aromatic nitrogens is 3. The van der Waals surface area contributed by atoms with Gasteiger partial charge in [0.15, 0.2) is 5.65 Å². The Labute approximate surface area is 174 Å². The maximum Gasteiger partial charge on any atom is 0.416 e. The van der Waals surface area contributed by atoms with E-state index in [0.29, 0.717) is 34.6 Å². The molecule has 156 valence electrons. The molecule has 2 aromatic heterocycles. The molecule has 0 unspecified atom stereocenters. The van der Waals surface area contributed by atoms with Crippen molar-refractivity contribution in [2.24, 2.45) is 0 Å². The zero-order valence-corrected chi connectivity index (χ0v) is 16.3. The summed E-state index contributed by atoms with van der Waals surface area (Å²) in [6.07, 6.45) is -3.20. The van der Waals surface area contributed by atoms with Crippen molar-refractivity contribution < 1.29 is 21.6 Å². The van der Waals surface area contributed by atoms with E-state index in [1.165, 1.54) is 16.8 Å². The number of anilines is 1. The van der Waals surface area contributed by atoms with Gasteiger partial charge in [0.1, 0.15) is 5.82 Å². The minimum Gasteiger partial charge on any atom is -0.263 e. The van der Waals surface area contributed by atoms with Crippen molar-refractivity contribution in [2.45, 2.75) is 11.1 Å². The summed E-state index contributed by atoms with van der Waals surface area (Å²) in [5, 5.41) is 13.4. The molecule has 7 nitrogen and oxygen atoms in total. The molecule has 4 aromatic rings. The molecule has 0 spiro atoms. The first-order valence-corrected chi connectivity index (χ1v) is 10.2. The lowest BCUT2D eigenvalue weighted by atomic mass is 10.1. The third kappa shape index (κ3) is 4.06. The average Bonchev–Trinajstić information content (AvgIpc) is 3.19. The van der Waals surface area contributed by atoms with Gasteiger partial charge in [0.2, 0.25) is 0 Å². The molecule has 0 aliphatic rings. The fraction of sp³-hybridized carbons (Fsp3) is 0.0500. The molecule has 0 amide bonds. The van der Waals surface area contributed by atoms with E-state index in [0.717, 1.165) is 12.1 Å². The van der Waals surface area contributed by atoms with Gasteiger partial charge >= 0.3 is 6.18 Å². The SMILES string of the molecule is N#Cc1cccc(-c2cc3nccc(NS(=O)(=O)c4ccc(C(F)(F)F)cc4)n3n2)c1. The number of nitrogens with one attached hydrogen (secondary N) is 1. The molecule has 11 heteroatoms. The molecule has 2 heterocycles. The van der Waals surface area contributed by atoms with Crippen molar-refractivity contribution in [1.29, 1.82) is 5.26 Å². The van der Waals surface area contributed by atoms with Gasteiger partial charge in [-0.1, -0.05) is 12.1 Å². The van der Waals surface area contributed by atoms with Crippen LogP contribution in [0.4, 0.5) is 19.0 Å². The Bertz CT molecular complexity index is 1420. The normalized spacial score (nSPS) is 11.9. The highest BCUT2D eigenvalue weighted by atomic mass is 32.2. The monoisotopic (exact) mass is 443 g/mol. The Morgan fingerprint density at radius 1 is 1.03 bits per heavy atom. The summed E-state index contributed by atoms with van der Waals surface area (Å²) >= 11 is 0. The van der Waals surface area contributed by atoms with Gasteiger partial charge in [0.25, 0.3) is 10.0 Å². The topological polar surface area (TPSA) is 100 Å². The molecule has 0 fully saturated rings. The molecule has 0 bridgehead atoms. The second kappa shape index (κ2) is 7.41. The number of fused-ring (bicyclic) bond motifs is 1. The van der Waals surface area contributed by atoms with Crippen LogP contribution in [0.1, 0.15) is 11.1 Å². The van der Waals surface area contributed by atoms with Crippen molar-refractivity contribution in [3.63, 3.8) is 0 Å². The van der Waals surface area contributed by atoms with Gasteiger partial charge in [0, 0.05) is 17.8 Å². The second-order valence-electron chi connectivity index (χ2n) is 6.45. The maximum atomic E-state index is 12.7. The molecule has 4 rings (SSSR count). The summed E-state index contributed by atoms with van der Waals surface area (Å²) in [6, 6.07) is 14.9. The summed E-state index contributed by atoms with van der Waals surface area (Å²) in [5.41, 5.74) is 0.927. The van der Waals surface area contributed by atoms with Gasteiger partial charge in [-0.3, -0.25) is 4.72 Å². The number of nitriles is 1. The van der Waals surface area contributed by atoms with Crippen LogP contribution in [0, 0.1) is 11.3 Å². The van der Waals surface area contributed by atoms with Crippen molar-refractivity contribution in [3.8, 4) is 17.3 Å². The smallest absolute Gasteiger partial charge is 0.263 e. The molecule has 31 heavy (non-hydrogen) atoms. The lowest BCUT2D eigenvalue weighted by molar-refractivity contribution is -0.137.